The Hall–Kier alpha value is -2.97. The molecule has 0 bridgehead atoms. The molecule has 0 fully saturated rings. The Balaban J connectivity index is 1.95. The van der Waals surface area contributed by atoms with Crippen molar-refractivity contribution in [2.45, 2.75) is 13.5 Å². The summed E-state index contributed by atoms with van der Waals surface area (Å²) < 4.78 is 11.8. The predicted octanol–water partition coefficient (Wildman–Crippen LogP) is 1.21. The molecule has 3 aromatic rings. The van der Waals surface area contributed by atoms with E-state index in [2.05, 4.69) is 25.4 Å². The number of aryl methyl sites for hydroxylation is 2. The summed E-state index contributed by atoms with van der Waals surface area (Å²) in [4.78, 5) is 10.8. The molecule has 120 valence electrons. The number of aromatic nitrogens is 6. The van der Waals surface area contributed by atoms with Crippen LogP contribution in [0.1, 0.15) is 11.4 Å². The molecular weight excluding hydrogens is 298 g/mol. The third-order valence-electron chi connectivity index (χ3n) is 3.50. The van der Waals surface area contributed by atoms with Crippen LogP contribution in [0.25, 0.3) is 11.4 Å². The summed E-state index contributed by atoms with van der Waals surface area (Å²) in [5, 5.41) is 11.8. The Morgan fingerprint density at radius 1 is 1.35 bits per heavy atom. The largest absolute Gasteiger partial charge is 0.493 e. The van der Waals surface area contributed by atoms with Crippen molar-refractivity contribution in [3.8, 4) is 17.1 Å². The SMILES string of the molecule is COc1cnc(N(C)Cc2nonc2C)nc1-c1ccnn1C. The first-order valence-electron chi connectivity index (χ1n) is 6.98. The first kappa shape index (κ1) is 14.9. The second-order valence-corrected chi connectivity index (χ2v) is 5.08. The molecule has 0 amide bonds. The maximum atomic E-state index is 5.36. The van der Waals surface area contributed by atoms with E-state index in [0.29, 0.717) is 23.9 Å². The fraction of sp³-hybridized carbons (Fsp3) is 0.357. The van der Waals surface area contributed by atoms with Crippen LogP contribution in [0.5, 0.6) is 5.75 Å². The maximum absolute atomic E-state index is 5.36. The third kappa shape index (κ3) is 2.85. The van der Waals surface area contributed by atoms with Gasteiger partial charge in [0.1, 0.15) is 17.1 Å². The molecule has 0 aliphatic rings. The molecule has 0 saturated carbocycles. The molecule has 0 N–H and O–H groups in total. The van der Waals surface area contributed by atoms with Crippen LogP contribution in [0, 0.1) is 6.92 Å². The van der Waals surface area contributed by atoms with Crippen molar-refractivity contribution < 1.29 is 9.37 Å². The molecule has 3 aromatic heterocycles. The minimum atomic E-state index is 0.493. The van der Waals surface area contributed by atoms with Crippen LogP contribution in [-0.2, 0) is 13.6 Å². The van der Waals surface area contributed by atoms with Gasteiger partial charge in [-0.25, -0.2) is 14.6 Å². The summed E-state index contributed by atoms with van der Waals surface area (Å²) in [5.74, 6) is 1.13. The third-order valence-corrected chi connectivity index (χ3v) is 3.50. The smallest absolute Gasteiger partial charge is 0.226 e. The van der Waals surface area contributed by atoms with Crippen LogP contribution in [0.2, 0.25) is 0 Å². The van der Waals surface area contributed by atoms with Crippen LogP contribution >= 0.6 is 0 Å². The monoisotopic (exact) mass is 315 g/mol. The van der Waals surface area contributed by atoms with Crippen molar-refractivity contribution >= 4 is 5.95 Å². The van der Waals surface area contributed by atoms with Gasteiger partial charge in [-0.3, -0.25) is 4.68 Å². The van der Waals surface area contributed by atoms with Gasteiger partial charge < -0.3 is 9.64 Å². The van der Waals surface area contributed by atoms with Crippen LogP contribution in [0.4, 0.5) is 5.95 Å². The van der Waals surface area contributed by atoms with E-state index in [4.69, 9.17) is 9.37 Å². The van der Waals surface area contributed by atoms with Crippen LogP contribution in [0.15, 0.2) is 23.1 Å². The average molecular weight is 315 g/mol. The van der Waals surface area contributed by atoms with E-state index >= 15 is 0 Å². The number of anilines is 1. The van der Waals surface area contributed by atoms with Crippen molar-refractivity contribution in [2.24, 2.45) is 7.05 Å². The van der Waals surface area contributed by atoms with Gasteiger partial charge in [-0.1, -0.05) is 10.3 Å². The van der Waals surface area contributed by atoms with Gasteiger partial charge in [0, 0.05) is 20.3 Å². The van der Waals surface area contributed by atoms with Crippen molar-refractivity contribution in [1.82, 2.24) is 30.1 Å². The zero-order valence-corrected chi connectivity index (χ0v) is 13.4. The van der Waals surface area contributed by atoms with Gasteiger partial charge in [0.05, 0.1) is 25.5 Å². The van der Waals surface area contributed by atoms with Crippen molar-refractivity contribution in [1.29, 1.82) is 0 Å². The topological polar surface area (TPSA) is 95.0 Å². The molecule has 23 heavy (non-hydrogen) atoms. The van der Waals surface area contributed by atoms with Crippen LogP contribution in [0.3, 0.4) is 0 Å². The molecule has 0 saturated heterocycles. The highest BCUT2D eigenvalue weighted by atomic mass is 16.6. The molecular formula is C14H17N7O2. The van der Waals surface area contributed by atoms with Crippen LogP contribution < -0.4 is 9.64 Å². The molecule has 9 heteroatoms. The van der Waals surface area contributed by atoms with Gasteiger partial charge >= 0.3 is 0 Å². The Kier molecular flexibility index (Phi) is 3.92. The minimum absolute atomic E-state index is 0.493. The number of hydrogen-bond donors (Lipinski definition) is 0. The minimum Gasteiger partial charge on any atom is -0.493 e. The molecule has 3 heterocycles. The maximum Gasteiger partial charge on any atom is 0.226 e. The molecule has 9 nitrogen and oxygen atoms in total. The number of ether oxygens (including phenoxy) is 1. The molecule has 0 atom stereocenters. The van der Waals surface area contributed by atoms with Crippen molar-refractivity contribution in [2.75, 3.05) is 19.1 Å². The van der Waals surface area contributed by atoms with E-state index < -0.39 is 0 Å². The van der Waals surface area contributed by atoms with E-state index in [1.54, 1.807) is 24.2 Å². The van der Waals surface area contributed by atoms with Gasteiger partial charge in [0.15, 0.2) is 5.75 Å². The zero-order valence-electron chi connectivity index (χ0n) is 13.4. The summed E-state index contributed by atoms with van der Waals surface area (Å²) in [5.41, 5.74) is 3.02. The predicted molar refractivity (Wildman–Crippen MR) is 81.9 cm³/mol. The Morgan fingerprint density at radius 2 is 2.17 bits per heavy atom. The molecule has 0 unspecified atom stereocenters. The molecule has 0 spiro atoms. The highest BCUT2D eigenvalue weighted by Gasteiger charge is 2.17. The second kappa shape index (κ2) is 6.03. The fourth-order valence-corrected chi connectivity index (χ4v) is 2.17. The number of rotatable bonds is 5. The van der Waals surface area contributed by atoms with Crippen molar-refractivity contribution in [3.05, 3.63) is 29.8 Å². The second-order valence-electron chi connectivity index (χ2n) is 5.08. The van der Waals surface area contributed by atoms with E-state index in [-0.39, 0.29) is 0 Å². The number of nitrogens with zero attached hydrogens (tertiary/aromatic N) is 7. The van der Waals surface area contributed by atoms with Crippen LogP contribution in [-0.4, -0.2) is 44.2 Å². The first-order valence-corrected chi connectivity index (χ1v) is 6.98. The van der Waals surface area contributed by atoms with Gasteiger partial charge in [-0.2, -0.15) is 5.10 Å². The highest BCUT2D eigenvalue weighted by molar-refractivity contribution is 5.63. The lowest BCUT2D eigenvalue weighted by molar-refractivity contribution is 0.301. The molecule has 0 aliphatic carbocycles. The zero-order chi connectivity index (χ0) is 16.4. The summed E-state index contributed by atoms with van der Waals surface area (Å²) in [7, 11) is 5.32. The first-order chi connectivity index (χ1) is 11.1. The Bertz CT molecular complexity index is 811. The average Bonchev–Trinajstić information content (AvgIpc) is 3.15. The molecule has 3 rings (SSSR count). The lowest BCUT2D eigenvalue weighted by Gasteiger charge is -2.17. The molecule has 0 radical (unpaired) electrons. The van der Waals surface area contributed by atoms with Gasteiger partial charge in [-0.05, 0) is 13.0 Å². The van der Waals surface area contributed by atoms with Gasteiger partial charge in [0.25, 0.3) is 0 Å². The van der Waals surface area contributed by atoms with Gasteiger partial charge in [0.2, 0.25) is 5.95 Å². The van der Waals surface area contributed by atoms with Gasteiger partial charge in [-0.15, -0.1) is 0 Å². The number of hydrogen-bond acceptors (Lipinski definition) is 8. The van der Waals surface area contributed by atoms with E-state index in [0.717, 1.165) is 17.1 Å². The summed E-state index contributed by atoms with van der Waals surface area (Å²) in [6, 6.07) is 1.88. The highest BCUT2D eigenvalue weighted by Crippen LogP contribution is 2.28. The van der Waals surface area contributed by atoms with E-state index in [1.807, 2.05) is 32.0 Å². The van der Waals surface area contributed by atoms with Crippen molar-refractivity contribution in [3.63, 3.8) is 0 Å². The fourth-order valence-electron chi connectivity index (χ4n) is 2.17. The van der Waals surface area contributed by atoms with E-state index in [1.165, 1.54) is 0 Å². The van der Waals surface area contributed by atoms with E-state index in [9.17, 15) is 0 Å². The Labute approximate surface area is 132 Å². The molecule has 0 aliphatic heterocycles. The summed E-state index contributed by atoms with van der Waals surface area (Å²) >= 11 is 0. The lowest BCUT2D eigenvalue weighted by atomic mass is 10.2. The normalized spacial score (nSPS) is 10.8. The summed E-state index contributed by atoms with van der Waals surface area (Å²) in [6.07, 6.45) is 3.36. The molecule has 0 aromatic carbocycles. The Morgan fingerprint density at radius 3 is 2.78 bits per heavy atom. The summed E-state index contributed by atoms with van der Waals surface area (Å²) in [6.45, 7) is 2.34. The quantitative estimate of drug-likeness (QED) is 0.693. The lowest BCUT2D eigenvalue weighted by Crippen LogP contribution is -2.20. The standard InChI is InChI=1S/C14H17N7O2/c1-9-10(19-23-18-9)8-20(2)14-15-7-12(22-4)13(17-14)11-5-6-16-21(11)3/h5-7H,8H2,1-4H3. The number of methoxy groups -OCH3 is 1.